The normalized spacial score (nSPS) is 22.8. The molecule has 1 fully saturated rings. The second-order valence-electron chi connectivity index (χ2n) is 6.80. The first-order valence-corrected chi connectivity index (χ1v) is 11.3. The van der Waals surface area contributed by atoms with Gasteiger partial charge in [0.15, 0.2) is 10.2 Å². The third-order valence-electron chi connectivity index (χ3n) is 4.76. The number of hydrogen-bond acceptors (Lipinski definition) is 5. The Morgan fingerprint density at radius 1 is 1.19 bits per heavy atom. The summed E-state index contributed by atoms with van der Waals surface area (Å²) in [5.74, 6) is 0.703. The van der Waals surface area contributed by atoms with E-state index in [1.807, 2.05) is 56.7 Å². The van der Waals surface area contributed by atoms with Crippen molar-refractivity contribution in [2.45, 2.75) is 30.5 Å². The summed E-state index contributed by atoms with van der Waals surface area (Å²) < 4.78 is 5.69. The number of thioether (sulfide) groups is 2. The number of carbonyl (C=O) groups is 2. The number of ether oxygens (including phenoxy) is 1. The highest BCUT2D eigenvalue weighted by Crippen LogP contribution is 2.39. The number of rotatable bonds is 7. The van der Waals surface area contributed by atoms with Gasteiger partial charge < -0.3 is 14.5 Å². The Kier molecular flexibility index (Phi) is 7.28. The third-order valence-corrected chi connectivity index (χ3v) is 6.99. The van der Waals surface area contributed by atoms with Crippen LogP contribution < -0.4 is 4.74 Å². The van der Waals surface area contributed by atoms with Crippen molar-refractivity contribution in [3.63, 3.8) is 0 Å². The van der Waals surface area contributed by atoms with E-state index in [9.17, 15) is 9.59 Å². The molecule has 1 aliphatic heterocycles. The molecular formula is C20H28N2O3S2. The fraction of sp³-hybridized carbons (Fsp3) is 0.500. The van der Waals surface area contributed by atoms with Crippen molar-refractivity contribution in [2.24, 2.45) is 0 Å². The summed E-state index contributed by atoms with van der Waals surface area (Å²) in [6.45, 7) is 4.60. The Morgan fingerprint density at radius 2 is 1.81 bits per heavy atom. The van der Waals surface area contributed by atoms with Crippen LogP contribution in [0.2, 0.25) is 0 Å². The van der Waals surface area contributed by atoms with Crippen molar-refractivity contribution in [1.82, 2.24) is 9.80 Å². The Morgan fingerprint density at radius 3 is 2.33 bits per heavy atom. The second-order valence-corrected chi connectivity index (χ2v) is 8.80. The lowest BCUT2D eigenvalue weighted by Crippen LogP contribution is -2.68. The summed E-state index contributed by atoms with van der Waals surface area (Å²) in [7, 11) is 3.43. The van der Waals surface area contributed by atoms with Gasteiger partial charge in [-0.05, 0) is 50.1 Å². The number of carbonyl (C=O) groups excluding carboxylic acids is 2. The van der Waals surface area contributed by atoms with Crippen LogP contribution in [-0.2, 0) is 16.0 Å². The van der Waals surface area contributed by atoms with E-state index >= 15 is 0 Å². The predicted octanol–water partition coefficient (Wildman–Crippen LogP) is 3.25. The minimum atomic E-state index is -0.928. The van der Waals surface area contributed by atoms with E-state index in [1.165, 1.54) is 29.1 Å². The minimum absolute atomic E-state index is 0.0411. The molecule has 1 aliphatic rings. The number of hydrogen-bond donors (Lipinski definition) is 0. The molecule has 1 aromatic rings. The SMILES string of the molecule is CS[C@H]1C(=O)N(C)[C@@](Cc2ccc(OCC=C(C)C)cc2)(SC)C(=O)N1C. The first-order valence-electron chi connectivity index (χ1n) is 8.74. The molecular weight excluding hydrogens is 380 g/mol. The summed E-state index contributed by atoms with van der Waals surface area (Å²) >= 11 is 2.79. The van der Waals surface area contributed by atoms with Gasteiger partial charge in [0.2, 0.25) is 0 Å². The lowest BCUT2D eigenvalue weighted by atomic mass is 10.0. The largest absolute Gasteiger partial charge is 0.490 e. The molecule has 0 N–H and O–H groups in total. The maximum Gasteiger partial charge on any atom is 0.260 e. The molecule has 0 radical (unpaired) electrons. The van der Waals surface area contributed by atoms with E-state index < -0.39 is 10.2 Å². The number of piperazine rings is 1. The summed E-state index contributed by atoms with van der Waals surface area (Å²) in [4.78, 5) is 28.2. The van der Waals surface area contributed by atoms with Gasteiger partial charge in [-0.3, -0.25) is 9.59 Å². The van der Waals surface area contributed by atoms with Crippen LogP contribution in [0.4, 0.5) is 0 Å². The molecule has 1 heterocycles. The number of amides is 2. The monoisotopic (exact) mass is 408 g/mol. The first-order chi connectivity index (χ1) is 12.8. The van der Waals surface area contributed by atoms with Crippen LogP contribution in [0.1, 0.15) is 19.4 Å². The molecule has 0 unspecified atom stereocenters. The van der Waals surface area contributed by atoms with Crippen LogP contribution in [0.25, 0.3) is 0 Å². The summed E-state index contributed by atoms with van der Waals surface area (Å²) in [6, 6.07) is 7.74. The first kappa shape index (κ1) is 21.7. The second kappa shape index (κ2) is 9.06. The number of benzene rings is 1. The molecule has 1 aromatic carbocycles. The van der Waals surface area contributed by atoms with Gasteiger partial charge in [0.1, 0.15) is 12.4 Å². The molecule has 2 rings (SSSR count). The Bertz CT molecular complexity index is 716. The van der Waals surface area contributed by atoms with Crippen molar-refractivity contribution < 1.29 is 14.3 Å². The highest BCUT2D eigenvalue weighted by atomic mass is 32.2. The van der Waals surface area contributed by atoms with Gasteiger partial charge in [-0.15, -0.1) is 23.5 Å². The average molecular weight is 409 g/mol. The fourth-order valence-corrected chi connectivity index (χ4v) is 4.83. The summed E-state index contributed by atoms with van der Waals surface area (Å²) in [6.07, 6.45) is 6.21. The van der Waals surface area contributed by atoms with Gasteiger partial charge in [0.25, 0.3) is 11.8 Å². The molecule has 1 saturated heterocycles. The van der Waals surface area contributed by atoms with Gasteiger partial charge >= 0.3 is 0 Å². The maximum absolute atomic E-state index is 13.1. The maximum atomic E-state index is 13.1. The van der Waals surface area contributed by atoms with Crippen molar-refractivity contribution in [2.75, 3.05) is 33.2 Å². The molecule has 2 amide bonds. The Hall–Kier alpha value is -1.60. The molecule has 148 valence electrons. The zero-order chi connectivity index (χ0) is 20.2. The smallest absolute Gasteiger partial charge is 0.260 e. The van der Waals surface area contributed by atoms with Gasteiger partial charge in [-0.25, -0.2) is 0 Å². The van der Waals surface area contributed by atoms with Crippen LogP contribution in [0, 0.1) is 0 Å². The van der Waals surface area contributed by atoms with Gasteiger partial charge in [-0.1, -0.05) is 17.7 Å². The highest BCUT2D eigenvalue weighted by Gasteiger charge is 2.53. The zero-order valence-corrected chi connectivity index (χ0v) is 18.4. The van der Waals surface area contributed by atoms with Crippen molar-refractivity contribution >= 4 is 35.3 Å². The molecule has 2 atom stereocenters. The quantitative estimate of drug-likeness (QED) is 0.648. The van der Waals surface area contributed by atoms with Crippen molar-refractivity contribution in [3.05, 3.63) is 41.5 Å². The van der Waals surface area contributed by atoms with Crippen LogP contribution in [0.3, 0.4) is 0 Å². The molecule has 0 saturated carbocycles. The summed E-state index contributed by atoms with van der Waals surface area (Å²) in [5.41, 5.74) is 2.20. The zero-order valence-electron chi connectivity index (χ0n) is 16.8. The van der Waals surface area contributed by atoms with Crippen LogP contribution in [0.15, 0.2) is 35.9 Å². The lowest BCUT2D eigenvalue weighted by molar-refractivity contribution is -0.156. The summed E-state index contributed by atoms with van der Waals surface area (Å²) in [5, 5.41) is -0.464. The molecule has 0 bridgehead atoms. The van der Waals surface area contributed by atoms with Crippen molar-refractivity contribution in [1.29, 1.82) is 0 Å². The highest BCUT2D eigenvalue weighted by molar-refractivity contribution is 8.01. The molecule has 0 aromatic heterocycles. The standard InChI is InChI=1S/C20H28N2O3S2/c1-14(2)11-12-25-16-9-7-15(8-10-16)13-20(27-6)19(24)21(3)18(26-5)17(23)22(20)4/h7-11,18H,12-13H2,1-6H3/t18-,20-/m0/s1. The van der Waals surface area contributed by atoms with Crippen LogP contribution >= 0.6 is 23.5 Å². The average Bonchev–Trinajstić information content (AvgIpc) is 2.65. The van der Waals surface area contributed by atoms with Crippen LogP contribution in [-0.4, -0.2) is 65.1 Å². The van der Waals surface area contributed by atoms with E-state index in [4.69, 9.17) is 4.74 Å². The minimum Gasteiger partial charge on any atom is -0.490 e. The van der Waals surface area contributed by atoms with Crippen molar-refractivity contribution in [3.8, 4) is 5.75 Å². The van der Waals surface area contributed by atoms with E-state index in [0.29, 0.717) is 13.0 Å². The van der Waals surface area contributed by atoms with Gasteiger partial charge in [-0.2, -0.15) is 0 Å². The molecule has 7 heteroatoms. The Balaban J connectivity index is 2.21. The molecule has 5 nitrogen and oxygen atoms in total. The van der Waals surface area contributed by atoms with Gasteiger partial charge in [0.05, 0.1) is 0 Å². The van der Waals surface area contributed by atoms with E-state index in [2.05, 4.69) is 0 Å². The number of likely N-dealkylation sites (N-methyl/N-ethyl adjacent to an activating group) is 2. The van der Waals surface area contributed by atoms with E-state index in [-0.39, 0.29) is 11.8 Å². The lowest BCUT2D eigenvalue weighted by Gasteiger charge is -2.48. The molecule has 0 spiro atoms. The molecule has 0 aliphatic carbocycles. The van der Waals surface area contributed by atoms with E-state index in [0.717, 1.165) is 11.3 Å². The molecule has 27 heavy (non-hydrogen) atoms. The predicted molar refractivity (Wildman–Crippen MR) is 114 cm³/mol. The van der Waals surface area contributed by atoms with Gasteiger partial charge in [0, 0.05) is 20.5 Å². The fourth-order valence-electron chi connectivity index (χ4n) is 3.07. The number of allylic oxidation sites excluding steroid dienone is 1. The third kappa shape index (κ3) is 4.46. The van der Waals surface area contributed by atoms with E-state index in [1.54, 1.807) is 23.9 Å². The number of nitrogens with zero attached hydrogens (tertiary/aromatic N) is 2. The Labute approximate surface area is 170 Å². The topological polar surface area (TPSA) is 49.9 Å². The van der Waals surface area contributed by atoms with Crippen LogP contribution in [0.5, 0.6) is 5.75 Å².